The zero-order chi connectivity index (χ0) is 10.8. The van der Waals surface area contributed by atoms with Crippen LogP contribution in [0.15, 0.2) is 17.5 Å². The molecule has 84 valence electrons. The Morgan fingerprint density at radius 1 is 1.31 bits per heavy atom. The largest absolute Gasteiger partial charge is 0.298 e. The van der Waals surface area contributed by atoms with E-state index in [-0.39, 0.29) is 11.3 Å². The van der Waals surface area contributed by atoms with Crippen molar-refractivity contribution in [3.63, 3.8) is 0 Å². The van der Waals surface area contributed by atoms with Crippen molar-refractivity contribution in [1.29, 1.82) is 0 Å². The molecule has 0 aliphatic carbocycles. The Kier molecular flexibility index (Phi) is 1.72. The average molecular weight is 234 g/mol. The number of rotatable bonds is 1. The van der Waals surface area contributed by atoms with Gasteiger partial charge in [0.15, 0.2) is 5.78 Å². The van der Waals surface area contributed by atoms with E-state index in [4.69, 9.17) is 0 Å². The number of nitrogens with zero attached hydrogens (tertiary/aromatic N) is 2. The molecule has 0 amide bonds. The van der Waals surface area contributed by atoms with E-state index in [0.29, 0.717) is 5.78 Å². The summed E-state index contributed by atoms with van der Waals surface area (Å²) in [5, 5.41) is 2.09. The van der Waals surface area contributed by atoms with Gasteiger partial charge < -0.3 is 0 Å². The summed E-state index contributed by atoms with van der Waals surface area (Å²) in [6.07, 6.45) is 0. The van der Waals surface area contributed by atoms with E-state index in [0.717, 1.165) is 32.8 Å². The van der Waals surface area contributed by atoms with Gasteiger partial charge in [-0.2, -0.15) is 0 Å². The summed E-state index contributed by atoms with van der Waals surface area (Å²) in [7, 11) is 0. The lowest BCUT2D eigenvalue weighted by Crippen LogP contribution is -2.73. The summed E-state index contributed by atoms with van der Waals surface area (Å²) in [6.45, 7) is 4.93. The zero-order valence-corrected chi connectivity index (χ0v) is 9.87. The van der Waals surface area contributed by atoms with Crippen LogP contribution in [0.3, 0.4) is 0 Å². The number of carbonyl (C=O) groups is 1. The Morgan fingerprint density at radius 3 is 2.69 bits per heavy atom. The van der Waals surface area contributed by atoms with Gasteiger partial charge in [-0.25, -0.2) is 0 Å². The van der Waals surface area contributed by atoms with Crippen LogP contribution in [0, 0.1) is 5.92 Å². The molecule has 5 rings (SSSR count). The molecule has 4 aliphatic heterocycles. The van der Waals surface area contributed by atoms with Crippen molar-refractivity contribution in [2.45, 2.75) is 5.41 Å². The lowest BCUT2D eigenvalue weighted by atomic mass is 9.68. The zero-order valence-electron chi connectivity index (χ0n) is 9.06. The molecule has 16 heavy (non-hydrogen) atoms. The highest BCUT2D eigenvalue weighted by atomic mass is 32.1. The van der Waals surface area contributed by atoms with Crippen LogP contribution in [0.2, 0.25) is 0 Å². The third kappa shape index (κ3) is 1.02. The van der Waals surface area contributed by atoms with E-state index in [1.165, 1.54) is 4.88 Å². The molecule has 1 aromatic heterocycles. The van der Waals surface area contributed by atoms with Gasteiger partial charge in [0, 0.05) is 37.0 Å². The smallest absolute Gasteiger partial charge is 0.152 e. The van der Waals surface area contributed by atoms with Crippen molar-refractivity contribution in [3.05, 3.63) is 22.4 Å². The van der Waals surface area contributed by atoms with E-state index in [9.17, 15) is 4.79 Å². The van der Waals surface area contributed by atoms with E-state index < -0.39 is 0 Å². The lowest BCUT2D eigenvalue weighted by molar-refractivity contribution is -0.153. The van der Waals surface area contributed by atoms with Gasteiger partial charge in [0.25, 0.3) is 0 Å². The van der Waals surface area contributed by atoms with Crippen molar-refractivity contribution in [1.82, 2.24) is 9.80 Å². The van der Waals surface area contributed by atoms with Gasteiger partial charge in [0.1, 0.15) is 0 Å². The van der Waals surface area contributed by atoms with Crippen LogP contribution < -0.4 is 0 Å². The van der Waals surface area contributed by atoms with Gasteiger partial charge in [0.2, 0.25) is 0 Å². The molecular formula is C12H14N2OS. The van der Waals surface area contributed by atoms with Gasteiger partial charge in [0.05, 0.1) is 12.1 Å². The molecule has 2 unspecified atom stereocenters. The van der Waals surface area contributed by atoms with E-state index in [1.54, 1.807) is 11.3 Å². The monoisotopic (exact) mass is 234 g/mol. The van der Waals surface area contributed by atoms with Crippen LogP contribution in [-0.4, -0.2) is 48.4 Å². The fourth-order valence-electron chi connectivity index (χ4n) is 3.66. The highest BCUT2D eigenvalue weighted by Gasteiger charge is 2.56. The first kappa shape index (κ1) is 9.33. The van der Waals surface area contributed by atoms with Gasteiger partial charge in [-0.15, -0.1) is 11.3 Å². The molecule has 4 bridgehead atoms. The molecule has 4 heteroatoms. The Balaban J connectivity index is 1.85. The molecule has 4 fully saturated rings. The lowest BCUT2D eigenvalue weighted by Gasteiger charge is -2.57. The van der Waals surface area contributed by atoms with Crippen LogP contribution in [0.5, 0.6) is 0 Å². The third-order valence-corrected chi connectivity index (χ3v) is 5.25. The summed E-state index contributed by atoms with van der Waals surface area (Å²) in [6, 6.07) is 4.20. The van der Waals surface area contributed by atoms with E-state index in [1.807, 2.05) is 0 Å². The molecule has 0 aromatic carbocycles. The predicted octanol–water partition coefficient (Wildman–Crippen LogP) is 0.773. The maximum absolute atomic E-state index is 12.5. The predicted molar refractivity (Wildman–Crippen MR) is 62.5 cm³/mol. The van der Waals surface area contributed by atoms with Crippen LogP contribution in [0.4, 0.5) is 0 Å². The highest BCUT2D eigenvalue weighted by Crippen LogP contribution is 2.43. The third-order valence-electron chi connectivity index (χ3n) is 4.18. The highest BCUT2D eigenvalue weighted by molar-refractivity contribution is 7.10. The van der Waals surface area contributed by atoms with Crippen molar-refractivity contribution < 1.29 is 4.79 Å². The molecule has 4 aliphatic rings. The maximum atomic E-state index is 12.5. The number of thiophene rings is 1. The van der Waals surface area contributed by atoms with Crippen molar-refractivity contribution in [2.24, 2.45) is 5.92 Å². The second kappa shape index (κ2) is 2.94. The topological polar surface area (TPSA) is 23.6 Å². The van der Waals surface area contributed by atoms with Crippen LogP contribution in [-0.2, 0) is 10.2 Å². The van der Waals surface area contributed by atoms with Gasteiger partial charge >= 0.3 is 0 Å². The van der Waals surface area contributed by atoms with E-state index in [2.05, 4.69) is 27.3 Å². The summed E-state index contributed by atoms with van der Waals surface area (Å²) >= 11 is 1.74. The second-order valence-electron chi connectivity index (χ2n) is 5.29. The summed E-state index contributed by atoms with van der Waals surface area (Å²) in [5.41, 5.74) is -0.187. The Labute approximate surface area is 98.7 Å². The van der Waals surface area contributed by atoms with Gasteiger partial charge in [-0.05, 0) is 11.4 Å². The minimum atomic E-state index is -0.187. The number of carbonyl (C=O) groups excluding carboxylic acids is 1. The summed E-state index contributed by atoms with van der Waals surface area (Å²) in [5.74, 6) is 0.764. The van der Waals surface area contributed by atoms with Crippen molar-refractivity contribution in [2.75, 3.05) is 32.8 Å². The Morgan fingerprint density at radius 2 is 2.06 bits per heavy atom. The molecular weight excluding hydrogens is 220 g/mol. The molecule has 2 atom stereocenters. The molecule has 1 aromatic rings. The maximum Gasteiger partial charge on any atom is 0.152 e. The first-order valence-corrected chi connectivity index (χ1v) is 6.69. The molecule has 3 nitrogen and oxygen atoms in total. The van der Waals surface area contributed by atoms with Crippen LogP contribution >= 0.6 is 11.3 Å². The fraction of sp³-hybridized carbons (Fsp3) is 0.583. The minimum absolute atomic E-state index is 0.187. The van der Waals surface area contributed by atoms with Gasteiger partial charge in [-0.1, -0.05) is 6.07 Å². The molecule has 0 N–H and O–H groups in total. The summed E-state index contributed by atoms with van der Waals surface area (Å²) < 4.78 is 0. The summed E-state index contributed by atoms with van der Waals surface area (Å²) in [4.78, 5) is 18.7. The number of hydrogen-bond acceptors (Lipinski definition) is 4. The fourth-order valence-corrected chi connectivity index (χ4v) is 4.58. The normalized spacial score (nSPS) is 45.2. The Hall–Kier alpha value is -0.710. The minimum Gasteiger partial charge on any atom is -0.298 e. The molecule has 4 saturated heterocycles. The van der Waals surface area contributed by atoms with Crippen LogP contribution in [0.1, 0.15) is 4.88 Å². The number of piperidine rings is 2. The second-order valence-corrected chi connectivity index (χ2v) is 6.23. The Bertz CT molecular complexity index is 428. The average Bonchev–Trinajstić information content (AvgIpc) is 2.78. The standard InChI is InChI=1S/C12H14N2OS/c15-11-9-4-13-6-12(11,7-14(5-9)8-13)10-2-1-3-16-10/h1-3,9H,4-8H2. The quantitative estimate of drug-likeness (QED) is 0.717. The van der Waals surface area contributed by atoms with Gasteiger partial charge in [-0.3, -0.25) is 14.6 Å². The van der Waals surface area contributed by atoms with Crippen molar-refractivity contribution in [3.8, 4) is 0 Å². The molecule has 0 radical (unpaired) electrons. The molecule has 0 spiro atoms. The first-order chi connectivity index (χ1) is 7.78. The molecule has 0 saturated carbocycles. The first-order valence-electron chi connectivity index (χ1n) is 5.81. The molecule has 5 heterocycles. The SMILES string of the molecule is O=C1C2CN3CN(C2)CC1(c1cccs1)C3. The number of Topliss-reactive ketones (excluding diaryl/α,β-unsaturated/α-hetero) is 1. The van der Waals surface area contributed by atoms with E-state index >= 15 is 0 Å². The number of ketones is 1. The van der Waals surface area contributed by atoms with Crippen molar-refractivity contribution >= 4 is 17.1 Å². The number of hydrogen-bond donors (Lipinski definition) is 0. The van der Waals surface area contributed by atoms with Crippen LogP contribution in [0.25, 0.3) is 0 Å².